The zero-order chi connectivity index (χ0) is 24.1. The summed E-state index contributed by atoms with van der Waals surface area (Å²) in [6.07, 6.45) is -0.114. The van der Waals surface area contributed by atoms with E-state index >= 15 is 0 Å². The molecule has 0 N–H and O–H groups in total. The maximum atomic E-state index is 14.3. The van der Waals surface area contributed by atoms with Gasteiger partial charge in [0.15, 0.2) is 0 Å². The Morgan fingerprint density at radius 2 is 1.79 bits per heavy atom. The van der Waals surface area contributed by atoms with Crippen molar-refractivity contribution in [3.8, 4) is 0 Å². The first-order valence-electron chi connectivity index (χ1n) is 11.1. The van der Waals surface area contributed by atoms with Crippen LogP contribution in [0, 0.1) is 11.6 Å². The van der Waals surface area contributed by atoms with Gasteiger partial charge >= 0.3 is 0 Å². The molecule has 34 heavy (non-hydrogen) atoms. The van der Waals surface area contributed by atoms with E-state index in [-0.39, 0.29) is 24.6 Å². The predicted molar refractivity (Wildman–Crippen MR) is 126 cm³/mol. The Morgan fingerprint density at radius 3 is 2.47 bits per heavy atom. The monoisotopic (exact) mass is 485 g/mol. The van der Waals surface area contributed by atoms with Gasteiger partial charge in [-0.05, 0) is 29.3 Å². The van der Waals surface area contributed by atoms with E-state index in [1.54, 1.807) is 17.0 Å². The summed E-state index contributed by atoms with van der Waals surface area (Å²) in [6, 6.07) is 20.5. The molecule has 0 saturated carbocycles. The topological polar surface area (TPSA) is 38.8 Å². The summed E-state index contributed by atoms with van der Waals surface area (Å²) >= 11 is 6.14. The summed E-state index contributed by atoms with van der Waals surface area (Å²) in [6.45, 7) is 2.50. The van der Waals surface area contributed by atoms with Gasteiger partial charge in [0.1, 0.15) is 23.3 Å². The molecule has 4 nitrogen and oxygen atoms in total. The van der Waals surface area contributed by atoms with Crippen LogP contribution < -0.4 is 0 Å². The molecule has 178 valence electrons. The van der Waals surface area contributed by atoms with Gasteiger partial charge in [0.25, 0.3) is 0 Å². The number of carbonyl (C=O) groups is 1. The van der Waals surface area contributed by atoms with Crippen LogP contribution in [0.5, 0.6) is 0 Å². The molecule has 3 aromatic carbocycles. The number of likely N-dealkylation sites (tertiary alicyclic amines) is 1. The largest absolute Gasteiger partial charge is 0.368 e. The van der Waals surface area contributed by atoms with E-state index in [0.29, 0.717) is 24.6 Å². The third kappa shape index (κ3) is 5.46. The molecule has 4 rings (SSSR count). The molecule has 1 amide bonds. The van der Waals surface area contributed by atoms with Gasteiger partial charge in [0.2, 0.25) is 5.91 Å². The second kappa shape index (κ2) is 10.6. The second-order valence-corrected chi connectivity index (χ2v) is 8.86. The number of hydrogen-bond acceptors (Lipinski definition) is 3. The van der Waals surface area contributed by atoms with E-state index < -0.39 is 23.3 Å². The van der Waals surface area contributed by atoms with Crippen molar-refractivity contribution in [2.45, 2.75) is 38.3 Å². The Kier molecular flexibility index (Phi) is 7.61. The molecule has 3 aromatic rings. The van der Waals surface area contributed by atoms with Crippen LogP contribution in [-0.2, 0) is 33.1 Å². The lowest BCUT2D eigenvalue weighted by atomic mass is 9.81. The molecule has 0 aromatic heterocycles. The summed E-state index contributed by atoms with van der Waals surface area (Å²) in [5.74, 6) is -1.40. The molecule has 2 unspecified atom stereocenters. The predicted octanol–water partition coefficient (Wildman–Crippen LogP) is 5.87. The maximum absolute atomic E-state index is 14.3. The van der Waals surface area contributed by atoms with Crippen molar-refractivity contribution in [3.05, 3.63) is 106 Å². The molecule has 0 spiro atoms. The number of ether oxygens (including phenoxy) is 2. The molecule has 0 aliphatic carbocycles. The third-order valence-electron chi connectivity index (χ3n) is 6.23. The van der Waals surface area contributed by atoms with E-state index in [9.17, 15) is 13.6 Å². The summed E-state index contributed by atoms with van der Waals surface area (Å²) < 4.78 is 40.5. The smallest absolute Gasteiger partial charge is 0.219 e. The van der Waals surface area contributed by atoms with Crippen LogP contribution in [-0.4, -0.2) is 30.0 Å². The summed E-state index contributed by atoms with van der Waals surface area (Å²) in [7, 11) is 0. The lowest BCUT2D eigenvalue weighted by Crippen LogP contribution is -2.56. The highest BCUT2D eigenvalue weighted by atomic mass is 35.5. The normalized spacial score (nSPS) is 20.4. The van der Waals surface area contributed by atoms with E-state index in [1.165, 1.54) is 19.1 Å². The van der Waals surface area contributed by atoms with Gasteiger partial charge in [-0.3, -0.25) is 4.79 Å². The van der Waals surface area contributed by atoms with Crippen LogP contribution in [0.1, 0.15) is 30.0 Å². The van der Waals surface area contributed by atoms with Gasteiger partial charge in [-0.1, -0.05) is 60.1 Å². The molecule has 1 saturated heterocycles. The van der Waals surface area contributed by atoms with Gasteiger partial charge in [-0.15, -0.1) is 0 Å². The fourth-order valence-corrected chi connectivity index (χ4v) is 4.43. The quantitative estimate of drug-likeness (QED) is 0.420. The van der Waals surface area contributed by atoms with E-state index in [1.807, 2.05) is 42.5 Å². The standard InChI is InChI=1S/C27H26ClF2NO3/c1-19(32)31-14-13-27(22-8-10-23(28)11-9-22,34-17-20-5-3-2-4-6-20)26(16-31)33-18-21-7-12-24(29)15-25(21)30/h2-12,15,26H,13-14,16-18H2,1H3. The molecular weight excluding hydrogens is 460 g/mol. The first kappa shape index (κ1) is 24.3. The number of piperidine rings is 1. The minimum absolute atomic E-state index is 0.0747. The molecule has 0 bridgehead atoms. The Hall–Kier alpha value is -2.80. The average molecular weight is 486 g/mol. The minimum Gasteiger partial charge on any atom is -0.368 e. The van der Waals surface area contributed by atoms with Crippen LogP contribution in [0.15, 0.2) is 72.8 Å². The second-order valence-electron chi connectivity index (χ2n) is 8.42. The van der Waals surface area contributed by atoms with Crippen LogP contribution in [0.4, 0.5) is 8.78 Å². The Morgan fingerprint density at radius 1 is 1.06 bits per heavy atom. The maximum Gasteiger partial charge on any atom is 0.219 e. The Bertz CT molecular complexity index is 1130. The lowest BCUT2D eigenvalue weighted by Gasteiger charge is -2.47. The number of nitrogens with zero attached hydrogens (tertiary/aromatic N) is 1. The number of rotatable bonds is 7. The Labute approximate surface area is 203 Å². The number of halogens is 3. The molecule has 0 radical (unpaired) electrons. The van der Waals surface area contributed by atoms with Crippen molar-refractivity contribution in [2.24, 2.45) is 0 Å². The fraction of sp³-hybridized carbons (Fsp3) is 0.296. The third-order valence-corrected chi connectivity index (χ3v) is 6.48. The van der Waals surface area contributed by atoms with E-state index in [4.69, 9.17) is 21.1 Å². The first-order chi connectivity index (χ1) is 16.4. The Balaban J connectivity index is 1.68. The van der Waals surface area contributed by atoms with Crippen LogP contribution >= 0.6 is 11.6 Å². The molecule has 1 heterocycles. The minimum atomic E-state index is -0.900. The molecule has 2 atom stereocenters. The fourth-order valence-electron chi connectivity index (χ4n) is 4.30. The van der Waals surface area contributed by atoms with E-state index in [2.05, 4.69) is 0 Å². The summed E-state index contributed by atoms with van der Waals surface area (Å²) in [5.41, 5.74) is 1.19. The zero-order valence-corrected chi connectivity index (χ0v) is 19.6. The SMILES string of the molecule is CC(=O)N1CCC(OCc2ccccc2)(c2ccc(Cl)cc2)C(OCc2ccc(F)cc2F)C1. The zero-order valence-electron chi connectivity index (χ0n) is 18.8. The van der Waals surface area contributed by atoms with Crippen molar-refractivity contribution in [1.29, 1.82) is 0 Å². The van der Waals surface area contributed by atoms with Crippen molar-refractivity contribution in [1.82, 2.24) is 4.90 Å². The van der Waals surface area contributed by atoms with Gasteiger partial charge in [-0.2, -0.15) is 0 Å². The molecular formula is C27H26ClF2NO3. The number of carbonyl (C=O) groups excluding carboxylic acids is 1. The van der Waals surface area contributed by atoms with E-state index in [0.717, 1.165) is 17.2 Å². The molecule has 7 heteroatoms. The molecule has 1 fully saturated rings. The van der Waals surface area contributed by atoms with Crippen molar-refractivity contribution in [2.75, 3.05) is 13.1 Å². The molecule has 1 aliphatic heterocycles. The highest BCUT2D eigenvalue weighted by Crippen LogP contribution is 2.40. The lowest BCUT2D eigenvalue weighted by molar-refractivity contribution is -0.195. The van der Waals surface area contributed by atoms with Crippen molar-refractivity contribution >= 4 is 17.5 Å². The van der Waals surface area contributed by atoms with Crippen LogP contribution in [0.3, 0.4) is 0 Å². The van der Waals surface area contributed by atoms with Gasteiger partial charge in [0.05, 0.1) is 19.8 Å². The number of hydrogen-bond donors (Lipinski definition) is 0. The highest BCUT2D eigenvalue weighted by molar-refractivity contribution is 6.30. The summed E-state index contributed by atoms with van der Waals surface area (Å²) in [4.78, 5) is 13.9. The summed E-state index contributed by atoms with van der Waals surface area (Å²) in [5, 5.41) is 0.592. The first-order valence-corrected chi connectivity index (χ1v) is 11.5. The highest BCUT2D eigenvalue weighted by Gasteiger charge is 2.47. The molecule has 1 aliphatic rings. The number of amides is 1. The number of benzene rings is 3. The average Bonchev–Trinajstić information content (AvgIpc) is 2.83. The van der Waals surface area contributed by atoms with Gasteiger partial charge in [-0.25, -0.2) is 8.78 Å². The van der Waals surface area contributed by atoms with Gasteiger partial charge < -0.3 is 14.4 Å². The van der Waals surface area contributed by atoms with Crippen LogP contribution in [0.25, 0.3) is 0 Å². The van der Waals surface area contributed by atoms with Gasteiger partial charge in [0, 0.05) is 36.5 Å². The van der Waals surface area contributed by atoms with Crippen molar-refractivity contribution in [3.63, 3.8) is 0 Å². The van der Waals surface area contributed by atoms with Crippen molar-refractivity contribution < 1.29 is 23.0 Å². The van der Waals surface area contributed by atoms with Crippen LogP contribution in [0.2, 0.25) is 5.02 Å².